The number of carbonyl (C=O) groups excluding carboxylic acids is 1. The molecule has 2 aromatic rings. The number of halogens is 1. The molecule has 0 atom stereocenters. The van der Waals surface area contributed by atoms with Crippen molar-refractivity contribution in [3.63, 3.8) is 0 Å². The maximum Gasteiger partial charge on any atom is 0.255 e. The molecule has 1 aromatic carbocycles. The van der Waals surface area contributed by atoms with Crippen LogP contribution in [-0.4, -0.2) is 10.5 Å². The summed E-state index contributed by atoms with van der Waals surface area (Å²) in [5, 5.41) is 2.56. The van der Waals surface area contributed by atoms with Crippen molar-refractivity contribution < 1.29 is 9.18 Å². The fourth-order valence-corrected chi connectivity index (χ4v) is 1.70. The Kier molecular flexibility index (Phi) is 3.46. The molecular formula is C14H13FN2O2. The molecule has 5 heteroatoms. The van der Waals surface area contributed by atoms with E-state index in [4.69, 9.17) is 0 Å². The minimum Gasteiger partial charge on any atom is -0.322 e. The van der Waals surface area contributed by atoms with Gasteiger partial charge in [-0.2, -0.15) is 0 Å². The monoisotopic (exact) mass is 260 g/mol. The number of aryl methyl sites for hydroxylation is 2. The van der Waals surface area contributed by atoms with E-state index < -0.39 is 11.7 Å². The average molecular weight is 260 g/mol. The van der Waals surface area contributed by atoms with Crippen LogP contribution in [0.5, 0.6) is 0 Å². The number of hydrogen-bond donors (Lipinski definition) is 1. The van der Waals surface area contributed by atoms with Crippen LogP contribution in [0, 0.1) is 12.7 Å². The Hall–Kier alpha value is -2.43. The maximum absolute atomic E-state index is 13.2. The third-order valence-electron chi connectivity index (χ3n) is 2.67. The van der Waals surface area contributed by atoms with E-state index in [9.17, 15) is 14.0 Å². The minimum absolute atomic E-state index is 0.241. The number of nitrogens with one attached hydrogen (secondary N) is 1. The lowest BCUT2D eigenvalue weighted by molar-refractivity contribution is 0.102. The van der Waals surface area contributed by atoms with Crippen LogP contribution in [0.4, 0.5) is 10.1 Å². The maximum atomic E-state index is 13.2. The van der Waals surface area contributed by atoms with Crippen molar-refractivity contribution in [1.29, 1.82) is 0 Å². The molecule has 0 radical (unpaired) electrons. The van der Waals surface area contributed by atoms with Crippen LogP contribution in [-0.2, 0) is 7.05 Å². The van der Waals surface area contributed by atoms with Crippen molar-refractivity contribution in [1.82, 2.24) is 4.57 Å². The summed E-state index contributed by atoms with van der Waals surface area (Å²) in [5.74, 6) is -0.859. The molecule has 1 aromatic heterocycles. The number of rotatable bonds is 2. The SMILES string of the molecule is Cc1cc(F)cc(NC(=O)c2ccn(C)c(=O)c2)c1. The highest BCUT2D eigenvalue weighted by molar-refractivity contribution is 6.04. The van der Waals surface area contributed by atoms with Crippen molar-refractivity contribution in [3.8, 4) is 0 Å². The van der Waals surface area contributed by atoms with Gasteiger partial charge in [0.2, 0.25) is 0 Å². The molecular weight excluding hydrogens is 247 g/mol. The van der Waals surface area contributed by atoms with Gasteiger partial charge in [-0.25, -0.2) is 4.39 Å². The Morgan fingerprint density at radius 2 is 2.00 bits per heavy atom. The zero-order chi connectivity index (χ0) is 14.0. The predicted molar refractivity (Wildman–Crippen MR) is 70.8 cm³/mol. The lowest BCUT2D eigenvalue weighted by Gasteiger charge is -2.07. The lowest BCUT2D eigenvalue weighted by Crippen LogP contribution is -2.20. The first-order valence-electron chi connectivity index (χ1n) is 5.71. The molecule has 1 N–H and O–H groups in total. The van der Waals surface area contributed by atoms with E-state index in [1.165, 1.54) is 35.0 Å². The molecule has 0 aliphatic rings. The highest BCUT2D eigenvalue weighted by atomic mass is 19.1. The Balaban J connectivity index is 2.25. The molecule has 4 nitrogen and oxygen atoms in total. The average Bonchev–Trinajstić information content (AvgIpc) is 2.31. The fraction of sp³-hybridized carbons (Fsp3) is 0.143. The van der Waals surface area contributed by atoms with Crippen LogP contribution >= 0.6 is 0 Å². The topological polar surface area (TPSA) is 51.1 Å². The van der Waals surface area contributed by atoms with Gasteiger partial charge in [-0.15, -0.1) is 0 Å². The van der Waals surface area contributed by atoms with Crippen molar-refractivity contribution in [3.05, 3.63) is 63.8 Å². The normalized spacial score (nSPS) is 10.3. The van der Waals surface area contributed by atoms with Crippen molar-refractivity contribution in [2.75, 3.05) is 5.32 Å². The summed E-state index contributed by atoms with van der Waals surface area (Å²) in [6, 6.07) is 7.02. The van der Waals surface area contributed by atoms with Gasteiger partial charge < -0.3 is 9.88 Å². The van der Waals surface area contributed by atoms with Crippen LogP contribution in [0.15, 0.2) is 41.3 Å². The van der Waals surface area contributed by atoms with Gasteiger partial charge in [0.05, 0.1) is 0 Å². The molecule has 0 unspecified atom stereocenters. The van der Waals surface area contributed by atoms with Crippen molar-refractivity contribution >= 4 is 11.6 Å². The molecule has 0 aliphatic carbocycles. The van der Waals surface area contributed by atoms with Crippen LogP contribution < -0.4 is 10.9 Å². The predicted octanol–water partition coefficient (Wildman–Crippen LogP) is 2.09. The van der Waals surface area contributed by atoms with E-state index >= 15 is 0 Å². The molecule has 0 saturated carbocycles. The first-order valence-corrected chi connectivity index (χ1v) is 5.71. The molecule has 0 bridgehead atoms. The summed E-state index contributed by atoms with van der Waals surface area (Å²) >= 11 is 0. The summed E-state index contributed by atoms with van der Waals surface area (Å²) < 4.78 is 14.6. The summed E-state index contributed by atoms with van der Waals surface area (Å²) in [4.78, 5) is 23.3. The third kappa shape index (κ3) is 3.07. The molecule has 98 valence electrons. The van der Waals surface area contributed by atoms with E-state index in [0.29, 0.717) is 11.3 Å². The number of anilines is 1. The second-order valence-electron chi connectivity index (χ2n) is 4.34. The van der Waals surface area contributed by atoms with Gasteiger partial charge in [-0.3, -0.25) is 9.59 Å². The van der Waals surface area contributed by atoms with Gasteiger partial charge in [0.25, 0.3) is 11.5 Å². The minimum atomic E-state index is -0.442. The Morgan fingerprint density at radius 3 is 2.63 bits per heavy atom. The van der Waals surface area contributed by atoms with E-state index in [1.807, 2.05) is 0 Å². The van der Waals surface area contributed by atoms with Crippen LogP contribution in [0.1, 0.15) is 15.9 Å². The van der Waals surface area contributed by atoms with Crippen molar-refractivity contribution in [2.24, 2.45) is 7.05 Å². The summed E-state index contributed by atoms with van der Waals surface area (Å²) in [6.07, 6.45) is 1.51. The van der Waals surface area contributed by atoms with Gasteiger partial charge >= 0.3 is 0 Å². The zero-order valence-corrected chi connectivity index (χ0v) is 10.6. The molecule has 1 heterocycles. The van der Waals surface area contributed by atoms with Gasteiger partial charge in [0.15, 0.2) is 0 Å². The largest absolute Gasteiger partial charge is 0.322 e. The number of hydrogen-bond acceptors (Lipinski definition) is 2. The molecule has 0 spiro atoms. The standard InChI is InChI=1S/C14H13FN2O2/c1-9-5-11(15)8-12(6-9)16-14(19)10-3-4-17(2)13(18)7-10/h3-8H,1-2H3,(H,16,19). The molecule has 2 rings (SSSR count). The second kappa shape index (κ2) is 5.06. The van der Waals surface area contributed by atoms with Gasteiger partial charge in [0.1, 0.15) is 5.82 Å². The molecule has 1 amide bonds. The highest BCUT2D eigenvalue weighted by Crippen LogP contribution is 2.14. The van der Waals surface area contributed by atoms with E-state index in [2.05, 4.69) is 5.32 Å². The van der Waals surface area contributed by atoms with Crippen LogP contribution in [0.2, 0.25) is 0 Å². The second-order valence-corrected chi connectivity index (χ2v) is 4.34. The first kappa shape index (κ1) is 13.0. The fourth-order valence-electron chi connectivity index (χ4n) is 1.70. The van der Waals surface area contributed by atoms with Crippen LogP contribution in [0.3, 0.4) is 0 Å². The molecule has 0 aliphatic heterocycles. The molecule has 19 heavy (non-hydrogen) atoms. The number of aromatic nitrogens is 1. The van der Waals surface area contributed by atoms with Gasteiger partial charge in [-0.05, 0) is 36.8 Å². The van der Waals surface area contributed by atoms with Gasteiger partial charge in [-0.1, -0.05) is 0 Å². The Bertz CT molecular complexity index is 672. The number of nitrogens with zero attached hydrogens (tertiary/aromatic N) is 1. The Morgan fingerprint density at radius 1 is 1.26 bits per heavy atom. The third-order valence-corrected chi connectivity index (χ3v) is 2.67. The number of carbonyl (C=O) groups is 1. The smallest absolute Gasteiger partial charge is 0.255 e. The summed E-state index contributed by atoms with van der Waals surface area (Å²) in [6.45, 7) is 1.73. The lowest BCUT2D eigenvalue weighted by atomic mass is 10.2. The Labute approximate surface area is 109 Å². The number of benzene rings is 1. The number of pyridine rings is 1. The zero-order valence-electron chi connectivity index (χ0n) is 10.6. The molecule has 0 fully saturated rings. The number of amides is 1. The van der Waals surface area contributed by atoms with E-state index in [-0.39, 0.29) is 11.1 Å². The highest BCUT2D eigenvalue weighted by Gasteiger charge is 2.08. The quantitative estimate of drug-likeness (QED) is 0.898. The molecule has 0 saturated heterocycles. The van der Waals surface area contributed by atoms with E-state index in [0.717, 1.165) is 0 Å². The van der Waals surface area contributed by atoms with Crippen molar-refractivity contribution in [2.45, 2.75) is 6.92 Å². The van der Waals surface area contributed by atoms with Gasteiger partial charge in [0, 0.05) is 30.6 Å². The van der Waals surface area contributed by atoms with Crippen LogP contribution in [0.25, 0.3) is 0 Å². The summed E-state index contributed by atoms with van der Waals surface area (Å²) in [7, 11) is 1.60. The first-order chi connectivity index (χ1) is 8.95. The van der Waals surface area contributed by atoms with E-state index in [1.54, 1.807) is 20.0 Å². The summed E-state index contributed by atoms with van der Waals surface area (Å²) in [5.41, 5.74) is 1.04.